The highest BCUT2D eigenvalue weighted by Gasteiger charge is 2.24. The monoisotopic (exact) mass is 451 g/mol. The number of nitro groups is 1. The van der Waals surface area contributed by atoms with Crippen molar-refractivity contribution in [3.8, 4) is 5.75 Å². The van der Waals surface area contributed by atoms with Gasteiger partial charge >= 0.3 is 0 Å². The van der Waals surface area contributed by atoms with Gasteiger partial charge in [-0.2, -0.15) is 0 Å². The van der Waals surface area contributed by atoms with Crippen molar-refractivity contribution in [2.24, 2.45) is 0 Å². The van der Waals surface area contributed by atoms with E-state index in [0.29, 0.717) is 42.5 Å². The highest BCUT2D eigenvalue weighted by atomic mass is 35.5. The van der Waals surface area contributed by atoms with Gasteiger partial charge < -0.3 is 14.5 Å². The molecule has 32 heavy (non-hydrogen) atoms. The summed E-state index contributed by atoms with van der Waals surface area (Å²) in [6.07, 6.45) is 0. The maximum absolute atomic E-state index is 13.2. The number of anilines is 1. The second kappa shape index (κ2) is 9.70. The fourth-order valence-electron chi connectivity index (χ4n) is 3.66. The molecular weight excluding hydrogens is 430 g/mol. The summed E-state index contributed by atoms with van der Waals surface area (Å²) in [4.78, 5) is 27.5. The van der Waals surface area contributed by atoms with E-state index in [2.05, 4.69) is 4.90 Å². The summed E-state index contributed by atoms with van der Waals surface area (Å²) >= 11 is 6.21. The number of carbonyl (C=O) groups excluding carboxylic acids is 1. The molecule has 0 atom stereocenters. The van der Waals surface area contributed by atoms with Gasteiger partial charge in [0.15, 0.2) is 0 Å². The highest BCUT2D eigenvalue weighted by molar-refractivity contribution is 6.31. The molecule has 0 saturated carbocycles. The van der Waals surface area contributed by atoms with Gasteiger partial charge in [-0.3, -0.25) is 14.9 Å². The minimum atomic E-state index is -0.411. The molecule has 1 heterocycles. The van der Waals surface area contributed by atoms with Crippen LogP contribution in [-0.2, 0) is 6.61 Å². The van der Waals surface area contributed by atoms with Crippen molar-refractivity contribution in [1.82, 2.24) is 4.90 Å². The zero-order valence-corrected chi connectivity index (χ0v) is 18.1. The first-order chi connectivity index (χ1) is 15.5. The molecular formula is C24H22ClN3O4. The van der Waals surface area contributed by atoms with E-state index >= 15 is 0 Å². The second-order valence-electron chi connectivity index (χ2n) is 7.43. The summed E-state index contributed by atoms with van der Waals surface area (Å²) in [6, 6.07) is 21.2. The quantitative estimate of drug-likeness (QED) is 0.398. The molecule has 4 rings (SSSR count). The molecule has 7 nitrogen and oxygen atoms in total. The molecule has 0 N–H and O–H groups in total. The molecule has 1 fully saturated rings. The van der Waals surface area contributed by atoms with Gasteiger partial charge in [0.25, 0.3) is 11.6 Å². The molecule has 0 aromatic heterocycles. The van der Waals surface area contributed by atoms with Gasteiger partial charge in [0.1, 0.15) is 12.4 Å². The lowest BCUT2D eigenvalue weighted by molar-refractivity contribution is -0.384. The molecule has 0 bridgehead atoms. The Morgan fingerprint density at radius 2 is 1.59 bits per heavy atom. The Labute approximate surface area is 190 Å². The van der Waals surface area contributed by atoms with Crippen molar-refractivity contribution in [1.29, 1.82) is 0 Å². The van der Waals surface area contributed by atoms with E-state index in [4.69, 9.17) is 16.3 Å². The number of amides is 1. The van der Waals surface area contributed by atoms with Crippen molar-refractivity contribution in [2.45, 2.75) is 6.61 Å². The third-order valence-corrected chi connectivity index (χ3v) is 5.82. The van der Waals surface area contributed by atoms with Gasteiger partial charge in [-0.15, -0.1) is 0 Å². The minimum absolute atomic E-state index is 0.0657. The van der Waals surface area contributed by atoms with Crippen LogP contribution in [0, 0.1) is 10.1 Å². The molecule has 1 aliphatic heterocycles. The van der Waals surface area contributed by atoms with E-state index in [0.717, 1.165) is 11.3 Å². The van der Waals surface area contributed by atoms with Crippen molar-refractivity contribution < 1.29 is 14.5 Å². The van der Waals surface area contributed by atoms with Crippen molar-refractivity contribution >= 4 is 28.9 Å². The Balaban J connectivity index is 1.40. The van der Waals surface area contributed by atoms with Gasteiger partial charge in [-0.1, -0.05) is 41.9 Å². The maximum atomic E-state index is 13.2. The number of piperazine rings is 1. The van der Waals surface area contributed by atoms with Gasteiger partial charge in [0, 0.05) is 54.6 Å². The molecule has 3 aromatic carbocycles. The number of rotatable bonds is 6. The first kappa shape index (κ1) is 21.6. The van der Waals surface area contributed by atoms with Crippen LogP contribution in [0.4, 0.5) is 11.4 Å². The summed E-state index contributed by atoms with van der Waals surface area (Å²) in [5.74, 6) is 0.443. The molecule has 8 heteroatoms. The minimum Gasteiger partial charge on any atom is -0.488 e. The van der Waals surface area contributed by atoms with E-state index in [1.807, 2.05) is 36.4 Å². The average Bonchev–Trinajstić information content (AvgIpc) is 2.83. The number of hydrogen-bond acceptors (Lipinski definition) is 5. The summed E-state index contributed by atoms with van der Waals surface area (Å²) in [7, 11) is 0. The number of benzene rings is 3. The fourth-order valence-corrected chi connectivity index (χ4v) is 3.85. The topological polar surface area (TPSA) is 75.9 Å². The first-order valence-corrected chi connectivity index (χ1v) is 10.6. The highest BCUT2D eigenvalue weighted by Crippen LogP contribution is 2.25. The Hall–Kier alpha value is -3.58. The number of hydrogen-bond donors (Lipinski definition) is 0. The summed E-state index contributed by atoms with van der Waals surface area (Å²) in [5, 5.41) is 11.5. The molecule has 0 aliphatic carbocycles. The van der Waals surface area contributed by atoms with E-state index in [1.165, 1.54) is 12.1 Å². The van der Waals surface area contributed by atoms with Crippen LogP contribution in [0.3, 0.4) is 0 Å². The zero-order chi connectivity index (χ0) is 22.5. The Morgan fingerprint density at radius 3 is 2.28 bits per heavy atom. The Kier molecular flexibility index (Phi) is 6.56. The summed E-state index contributed by atoms with van der Waals surface area (Å²) < 4.78 is 5.94. The number of halogens is 1. The fraction of sp³-hybridized carbons (Fsp3) is 0.208. The van der Waals surface area contributed by atoms with Crippen LogP contribution in [0.15, 0.2) is 72.8 Å². The lowest BCUT2D eigenvalue weighted by Crippen LogP contribution is -2.48. The third kappa shape index (κ3) is 4.84. The number of nitro benzene ring substituents is 1. The van der Waals surface area contributed by atoms with Crippen molar-refractivity contribution in [3.63, 3.8) is 0 Å². The molecule has 3 aromatic rings. The number of carbonyl (C=O) groups is 1. The molecule has 164 valence electrons. The van der Waals surface area contributed by atoms with Crippen LogP contribution in [0.5, 0.6) is 5.75 Å². The van der Waals surface area contributed by atoms with E-state index in [-0.39, 0.29) is 18.2 Å². The van der Waals surface area contributed by atoms with Gasteiger partial charge in [-0.05, 0) is 30.3 Å². The van der Waals surface area contributed by atoms with Crippen molar-refractivity contribution in [3.05, 3.63) is 99.1 Å². The molecule has 0 radical (unpaired) electrons. The standard InChI is InChI=1S/C24H22ClN3O4/c25-22-7-3-1-5-18(22)17-32-23-8-4-2-6-21(23)24(29)27-15-13-26(14-16-27)19-9-11-20(12-10-19)28(30)31/h1-12H,13-17H2. The van der Waals surface area contributed by atoms with Gasteiger partial charge in [0.2, 0.25) is 0 Å². The van der Waals surface area contributed by atoms with Crippen LogP contribution in [-0.4, -0.2) is 41.9 Å². The molecule has 0 spiro atoms. The summed E-state index contributed by atoms with van der Waals surface area (Å²) in [5.41, 5.74) is 2.35. The van der Waals surface area contributed by atoms with Crippen molar-refractivity contribution in [2.75, 3.05) is 31.1 Å². The van der Waals surface area contributed by atoms with E-state index < -0.39 is 4.92 Å². The van der Waals surface area contributed by atoms with Crippen LogP contribution in [0.2, 0.25) is 5.02 Å². The van der Waals surface area contributed by atoms with Crippen LogP contribution >= 0.6 is 11.6 Å². The predicted molar refractivity (Wildman–Crippen MR) is 123 cm³/mol. The Bertz CT molecular complexity index is 1110. The third-order valence-electron chi connectivity index (χ3n) is 5.45. The second-order valence-corrected chi connectivity index (χ2v) is 7.84. The molecule has 1 amide bonds. The SMILES string of the molecule is O=C(c1ccccc1OCc1ccccc1Cl)N1CCN(c2ccc([N+](=O)[O-])cc2)CC1. The largest absolute Gasteiger partial charge is 0.488 e. The Morgan fingerprint density at radius 1 is 0.938 bits per heavy atom. The summed E-state index contributed by atoms with van der Waals surface area (Å²) in [6.45, 7) is 2.67. The molecule has 0 unspecified atom stereocenters. The maximum Gasteiger partial charge on any atom is 0.269 e. The predicted octanol–water partition coefficient (Wildman–Crippen LogP) is 4.79. The molecule has 1 saturated heterocycles. The normalized spacial score (nSPS) is 13.7. The lowest BCUT2D eigenvalue weighted by Gasteiger charge is -2.36. The lowest BCUT2D eigenvalue weighted by atomic mass is 10.1. The number of ether oxygens (including phenoxy) is 1. The zero-order valence-electron chi connectivity index (χ0n) is 17.3. The number of para-hydroxylation sites is 1. The smallest absolute Gasteiger partial charge is 0.269 e. The molecule has 1 aliphatic rings. The average molecular weight is 452 g/mol. The van der Waals surface area contributed by atoms with Crippen LogP contribution in [0.25, 0.3) is 0 Å². The van der Waals surface area contributed by atoms with E-state index in [9.17, 15) is 14.9 Å². The number of nitrogens with zero attached hydrogens (tertiary/aromatic N) is 3. The van der Waals surface area contributed by atoms with Gasteiger partial charge in [-0.25, -0.2) is 0 Å². The van der Waals surface area contributed by atoms with E-state index in [1.54, 1.807) is 29.2 Å². The first-order valence-electron chi connectivity index (χ1n) is 10.3. The van der Waals surface area contributed by atoms with Gasteiger partial charge in [0.05, 0.1) is 10.5 Å². The number of non-ortho nitro benzene ring substituents is 1. The van der Waals surface area contributed by atoms with Crippen LogP contribution in [0.1, 0.15) is 15.9 Å². The van der Waals surface area contributed by atoms with Crippen LogP contribution < -0.4 is 9.64 Å².